The van der Waals surface area contributed by atoms with E-state index in [4.69, 9.17) is 11.6 Å². The Kier molecular flexibility index (Phi) is 4.80. The Morgan fingerprint density at radius 2 is 2.08 bits per heavy atom. The molecule has 0 unspecified atom stereocenters. The molecule has 2 bridgehead atoms. The molecule has 0 saturated heterocycles. The van der Waals surface area contributed by atoms with Crippen LogP contribution in [0.25, 0.3) is 0 Å². The highest BCUT2D eigenvalue weighted by molar-refractivity contribution is 7.92. The molecule has 2 aliphatic rings. The first kappa shape index (κ1) is 17.5. The Balaban J connectivity index is 1.75. The minimum absolute atomic E-state index is 0.193. The maximum absolute atomic E-state index is 12.5. The lowest BCUT2D eigenvalue weighted by molar-refractivity contribution is -0.120. The molecule has 0 heterocycles. The van der Waals surface area contributed by atoms with Crippen LogP contribution in [0.4, 0.5) is 5.69 Å². The summed E-state index contributed by atoms with van der Waals surface area (Å²) in [6.45, 7) is 1.54. The van der Waals surface area contributed by atoms with Gasteiger partial charge in [0.25, 0.3) is 0 Å². The molecule has 1 aromatic rings. The maximum atomic E-state index is 12.5. The number of anilines is 1. The number of rotatable bonds is 5. The third kappa shape index (κ3) is 3.54. The van der Waals surface area contributed by atoms with Crippen LogP contribution in [0.1, 0.15) is 31.2 Å². The largest absolute Gasteiger partial charge is 0.352 e. The normalized spacial score (nSPS) is 25.7. The summed E-state index contributed by atoms with van der Waals surface area (Å²) in [5.41, 5.74) is 1.10. The standard InChI is InChI=1S/C17H23ClN2O3S/c1-11-14(18)4-3-5-16(11)20(24(2,22)23)10-17(21)19-15-9-12-6-7-13(15)8-12/h3-5,12-13,15H,6-10H2,1-2H3,(H,19,21)/t12-,13+,15+/m0/s1. The number of hydrogen-bond acceptors (Lipinski definition) is 3. The number of fused-ring (bicyclic) bond motifs is 2. The van der Waals surface area contributed by atoms with Gasteiger partial charge in [0.05, 0.1) is 11.9 Å². The number of nitrogens with zero attached hydrogens (tertiary/aromatic N) is 1. The van der Waals surface area contributed by atoms with Gasteiger partial charge in [-0.1, -0.05) is 24.1 Å². The molecule has 1 amide bonds. The Morgan fingerprint density at radius 3 is 2.67 bits per heavy atom. The van der Waals surface area contributed by atoms with E-state index in [2.05, 4.69) is 5.32 Å². The summed E-state index contributed by atoms with van der Waals surface area (Å²) in [6, 6.07) is 5.26. The van der Waals surface area contributed by atoms with Gasteiger partial charge in [-0.05, 0) is 55.7 Å². The first-order valence-corrected chi connectivity index (χ1v) is 10.5. The molecule has 2 aliphatic carbocycles. The highest BCUT2D eigenvalue weighted by Crippen LogP contribution is 2.44. The van der Waals surface area contributed by atoms with Gasteiger partial charge in [0.2, 0.25) is 15.9 Å². The molecular formula is C17H23ClN2O3S. The highest BCUT2D eigenvalue weighted by atomic mass is 35.5. The minimum Gasteiger partial charge on any atom is -0.352 e. The molecule has 132 valence electrons. The number of amides is 1. The summed E-state index contributed by atoms with van der Waals surface area (Å²) >= 11 is 6.10. The van der Waals surface area contributed by atoms with Crippen LogP contribution in [0.3, 0.4) is 0 Å². The molecule has 3 rings (SSSR count). The lowest BCUT2D eigenvalue weighted by atomic mass is 9.95. The number of sulfonamides is 1. The number of nitrogens with one attached hydrogen (secondary N) is 1. The first-order valence-electron chi connectivity index (χ1n) is 8.28. The van der Waals surface area contributed by atoms with E-state index in [9.17, 15) is 13.2 Å². The van der Waals surface area contributed by atoms with Crippen molar-refractivity contribution in [2.24, 2.45) is 11.8 Å². The topological polar surface area (TPSA) is 66.5 Å². The molecule has 5 nitrogen and oxygen atoms in total. The van der Waals surface area contributed by atoms with E-state index in [1.807, 2.05) is 0 Å². The SMILES string of the molecule is Cc1c(Cl)cccc1N(CC(=O)N[C@@H]1C[C@H]2CC[C@@H]1C2)S(C)(=O)=O. The summed E-state index contributed by atoms with van der Waals surface area (Å²) in [5, 5.41) is 3.52. The second-order valence-corrected chi connectivity index (χ2v) is 9.32. The second kappa shape index (κ2) is 6.56. The minimum atomic E-state index is -3.58. The third-order valence-corrected chi connectivity index (χ3v) is 6.82. The predicted octanol–water partition coefficient (Wildman–Crippen LogP) is 2.72. The van der Waals surface area contributed by atoms with Crippen LogP contribution < -0.4 is 9.62 Å². The smallest absolute Gasteiger partial charge is 0.241 e. The lowest BCUT2D eigenvalue weighted by Gasteiger charge is -2.27. The summed E-state index contributed by atoms with van der Waals surface area (Å²) < 4.78 is 25.5. The van der Waals surface area contributed by atoms with Crippen molar-refractivity contribution in [3.05, 3.63) is 28.8 Å². The second-order valence-electron chi connectivity index (χ2n) is 7.00. The number of benzene rings is 1. The van der Waals surface area contributed by atoms with Crippen LogP contribution in [0.2, 0.25) is 5.02 Å². The third-order valence-electron chi connectivity index (χ3n) is 5.28. The molecule has 0 aromatic heterocycles. The number of halogens is 1. The van der Waals surface area contributed by atoms with Gasteiger partial charge >= 0.3 is 0 Å². The fourth-order valence-corrected chi connectivity index (χ4v) is 5.13. The molecule has 7 heteroatoms. The van der Waals surface area contributed by atoms with Crippen molar-refractivity contribution in [2.75, 3.05) is 17.1 Å². The van der Waals surface area contributed by atoms with Gasteiger partial charge in [0.1, 0.15) is 6.54 Å². The number of carbonyl (C=O) groups is 1. The monoisotopic (exact) mass is 370 g/mol. The molecule has 0 spiro atoms. The summed E-state index contributed by atoms with van der Waals surface area (Å²) in [4.78, 5) is 12.5. The van der Waals surface area contributed by atoms with Crippen molar-refractivity contribution in [1.82, 2.24) is 5.32 Å². The average molecular weight is 371 g/mol. The van der Waals surface area contributed by atoms with Gasteiger partial charge in [0.15, 0.2) is 0 Å². The zero-order chi connectivity index (χ0) is 17.5. The summed E-state index contributed by atoms with van der Waals surface area (Å²) in [5.74, 6) is 1.03. The first-order chi connectivity index (χ1) is 11.3. The molecule has 0 aliphatic heterocycles. The van der Waals surface area contributed by atoms with Crippen LogP contribution in [0.5, 0.6) is 0 Å². The van der Waals surface area contributed by atoms with Crippen LogP contribution in [-0.2, 0) is 14.8 Å². The van der Waals surface area contributed by atoms with Crippen molar-refractivity contribution >= 4 is 33.2 Å². The zero-order valence-electron chi connectivity index (χ0n) is 14.0. The van der Waals surface area contributed by atoms with Crippen LogP contribution in [0, 0.1) is 18.8 Å². The maximum Gasteiger partial charge on any atom is 0.241 e. The van der Waals surface area contributed by atoms with Gasteiger partial charge in [-0.15, -0.1) is 0 Å². The van der Waals surface area contributed by atoms with Gasteiger partial charge in [-0.3, -0.25) is 9.10 Å². The van der Waals surface area contributed by atoms with Crippen molar-refractivity contribution in [1.29, 1.82) is 0 Å². The van der Waals surface area contributed by atoms with Crippen LogP contribution in [0.15, 0.2) is 18.2 Å². The average Bonchev–Trinajstić information content (AvgIpc) is 3.09. The Bertz CT molecular complexity index is 750. The number of hydrogen-bond donors (Lipinski definition) is 1. The Labute approximate surface area is 148 Å². The van der Waals surface area contributed by atoms with E-state index in [0.29, 0.717) is 22.2 Å². The fourth-order valence-electron chi connectivity index (χ4n) is 4.05. The highest BCUT2D eigenvalue weighted by Gasteiger charge is 2.40. The summed E-state index contributed by atoms with van der Waals surface area (Å²) in [7, 11) is -3.58. The van der Waals surface area contributed by atoms with E-state index in [1.54, 1.807) is 25.1 Å². The van der Waals surface area contributed by atoms with Crippen LogP contribution in [-0.4, -0.2) is 33.2 Å². The Morgan fingerprint density at radius 1 is 1.33 bits per heavy atom. The van der Waals surface area contributed by atoms with Gasteiger partial charge in [0, 0.05) is 11.1 Å². The van der Waals surface area contributed by atoms with Crippen molar-refractivity contribution in [3.8, 4) is 0 Å². The Hall–Kier alpha value is -1.27. The lowest BCUT2D eigenvalue weighted by Crippen LogP contribution is -2.45. The van der Waals surface area contributed by atoms with E-state index >= 15 is 0 Å². The summed E-state index contributed by atoms with van der Waals surface area (Å²) in [6.07, 6.45) is 5.74. The van der Waals surface area contributed by atoms with Crippen molar-refractivity contribution in [3.63, 3.8) is 0 Å². The van der Waals surface area contributed by atoms with E-state index in [-0.39, 0.29) is 18.5 Å². The fraction of sp³-hybridized carbons (Fsp3) is 0.588. The van der Waals surface area contributed by atoms with Crippen LogP contribution >= 0.6 is 11.6 Å². The molecule has 1 aromatic carbocycles. The molecule has 3 atom stereocenters. The molecule has 24 heavy (non-hydrogen) atoms. The van der Waals surface area contributed by atoms with Gasteiger partial charge in [-0.2, -0.15) is 0 Å². The molecule has 2 fully saturated rings. The van der Waals surface area contributed by atoms with E-state index < -0.39 is 10.0 Å². The molecular weight excluding hydrogens is 348 g/mol. The molecule has 1 N–H and O–H groups in total. The van der Waals surface area contributed by atoms with E-state index in [0.717, 1.165) is 22.9 Å². The van der Waals surface area contributed by atoms with Crippen molar-refractivity contribution in [2.45, 2.75) is 38.6 Å². The van der Waals surface area contributed by atoms with E-state index in [1.165, 1.54) is 19.3 Å². The predicted molar refractivity (Wildman–Crippen MR) is 95.8 cm³/mol. The quantitative estimate of drug-likeness (QED) is 0.866. The zero-order valence-corrected chi connectivity index (χ0v) is 15.5. The van der Waals surface area contributed by atoms with Gasteiger partial charge in [-0.25, -0.2) is 8.42 Å². The number of carbonyl (C=O) groups excluding carboxylic acids is 1. The molecule has 0 radical (unpaired) electrons. The molecule has 2 saturated carbocycles. The van der Waals surface area contributed by atoms with Crippen molar-refractivity contribution < 1.29 is 13.2 Å². The van der Waals surface area contributed by atoms with Gasteiger partial charge < -0.3 is 5.32 Å².